The fourth-order valence-electron chi connectivity index (χ4n) is 2.06. The quantitative estimate of drug-likeness (QED) is 0.855. The molecule has 0 fully saturated rings. The molecule has 1 unspecified atom stereocenters. The molecule has 1 atom stereocenters. The van der Waals surface area contributed by atoms with Gasteiger partial charge in [0, 0.05) is 13.0 Å². The molecule has 2 aromatic rings. The first kappa shape index (κ1) is 13.5. The van der Waals surface area contributed by atoms with Crippen molar-refractivity contribution in [2.24, 2.45) is 0 Å². The van der Waals surface area contributed by atoms with Crippen LogP contribution < -0.4 is 4.74 Å². The van der Waals surface area contributed by atoms with Gasteiger partial charge >= 0.3 is 0 Å². The minimum Gasteiger partial charge on any atom is -0.497 e. The van der Waals surface area contributed by atoms with Gasteiger partial charge in [0.2, 0.25) is 0 Å². The van der Waals surface area contributed by atoms with E-state index in [4.69, 9.17) is 4.74 Å². The first-order chi connectivity index (χ1) is 9.22. The van der Waals surface area contributed by atoms with E-state index in [1.807, 2.05) is 31.2 Å². The van der Waals surface area contributed by atoms with Gasteiger partial charge in [0.1, 0.15) is 17.9 Å². The Bertz CT molecular complexity index is 525. The van der Waals surface area contributed by atoms with Crippen LogP contribution in [0.5, 0.6) is 5.75 Å². The lowest BCUT2D eigenvalue weighted by Gasteiger charge is -2.11. The van der Waals surface area contributed by atoms with Crippen LogP contribution in [0.3, 0.4) is 0 Å². The van der Waals surface area contributed by atoms with E-state index in [1.54, 1.807) is 11.8 Å². The Morgan fingerprint density at radius 3 is 2.95 bits per heavy atom. The number of aromatic nitrogens is 3. The summed E-state index contributed by atoms with van der Waals surface area (Å²) in [5.41, 5.74) is 1.05. The number of benzene rings is 1. The number of aliphatic hydroxyl groups is 1. The molecule has 102 valence electrons. The van der Waals surface area contributed by atoms with Crippen molar-refractivity contribution in [1.82, 2.24) is 14.8 Å². The molecule has 1 aromatic carbocycles. The topological polar surface area (TPSA) is 60.2 Å². The smallest absolute Gasteiger partial charge is 0.138 e. The zero-order valence-corrected chi connectivity index (χ0v) is 11.3. The molecule has 5 nitrogen and oxygen atoms in total. The second kappa shape index (κ2) is 6.33. The van der Waals surface area contributed by atoms with Crippen molar-refractivity contribution < 1.29 is 9.84 Å². The molecule has 0 saturated heterocycles. The van der Waals surface area contributed by atoms with Crippen LogP contribution in [-0.4, -0.2) is 33.1 Å². The molecule has 0 aliphatic rings. The summed E-state index contributed by atoms with van der Waals surface area (Å²) in [6.07, 6.45) is 2.14. The molecule has 0 saturated carbocycles. The Kier molecular flexibility index (Phi) is 4.52. The van der Waals surface area contributed by atoms with E-state index in [9.17, 15) is 5.11 Å². The van der Waals surface area contributed by atoms with Crippen LogP contribution >= 0.6 is 0 Å². The molecule has 1 N–H and O–H groups in total. The summed E-state index contributed by atoms with van der Waals surface area (Å²) >= 11 is 0. The van der Waals surface area contributed by atoms with Gasteiger partial charge in [-0.15, -0.1) is 0 Å². The predicted molar refractivity (Wildman–Crippen MR) is 72.1 cm³/mol. The molecule has 5 heteroatoms. The number of methoxy groups -OCH3 is 1. The first-order valence-electron chi connectivity index (χ1n) is 6.40. The maximum absolute atomic E-state index is 10.1. The summed E-state index contributed by atoms with van der Waals surface area (Å²) < 4.78 is 6.97. The summed E-state index contributed by atoms with van der Waals surface area (Å²) in [5, 5.41) is 14.2. The van der Waals surface area contributed by atoms with Crippen LogP contribution in [-0.2, 0) is 19.4 Å². The Morgan fingerprint density at radius 2 is 2.21 bits per heavy atom. The van der Waals surface area contributed by atoms with Crippen LogP contribution in [0.2, 0.25) is 0 Å². The molecule has 0 amide bonds. The molecule has 2 rings (SSSR count). The molecule has 1 aromatic heterocycles. The Balaban J connectivity index is 1.99. The van der Waals surface area contributed by atoms with Crippen molar-refractivity contribution in [2.45, 2.75) is 32.4 Å². The van der Waals surface area contributed by atoms with E-state index in [0.717, 1.165) is 23.7 Å². The second-order valence-corrected chi connectivity index (χ2v) is 4.41. The highest BCUT2D eigenvalue weighted by atomic mass is 16.5. The van der Waals surface area contributed by atoms with Crippen molar-refractivity contribution in [1.29, 1.82) is 0 Å². The minimum atomic E-state index is -0.471. The Labute approximate surface area is 112 Å². The molecule has 0 radical (unpaired) electrons. The predicted octanol–water partition coefficient (Wildman–Crippen LogP) is 1.45. The first-order valence-corrected chi connectivity index (χ1v) is 6.40. The van der Waals surface area contributed by atoms with E-state index in [2.05, 4.69) is 10.1 Å². The molecule has 19 heavy (non-hydrogen) atoms. The summed E-state index contributed by atoms with van der Waals surface area (Å²) in [4.78, 5) is 4.17. The standard InChI is InChI=1S/C14H19N3O2/c1-3-17-14(15-10-16-17)9-12(18)7-11-5-4-6-13(8-11)19-2/h4-6,8,10,12,18H,3,7,9H2,1-2H3. The average Bonchev–Trinajstić information content (AvgIpc) is 2.86. The lowest BCUT2D eigenvalue weighted by molar-refractivity contribution is 0.171. The number of hydrogen-bond donors (Lipinski definition) is 1. The van der Waals surface area contributed by atoms with Gasteiger partial charge in [-0.2, -0.15) is 5.10 Å². The average molecular weight is 261 g/mol. The van der Waals surface area contributed by atoms with Gasteiger partial charge in [0.25, 0.3) is 0 Å². The summed E-state index contributed by atoms with van der Waals surface area (Å²) in [6.45, 7) is 2.77. The highest BCUT2D eigenvalue weighted by molar-refractivity contribution is 5.28. The Hall–Kier alpha value is -1.88. The van der Waals surface area contributed by atoms with Gasteiger partial charge in [-0.25, -0.2) is 4.98 Å². The third kappa shape index (κ3) is 3.54. The number of ether oxygens (including phenoxy) is 1. The zero-order valence-electron chi connectivity index (χ0n) is 11.3. The Morgan fingerprint density at radius 1 is 1.37 bits per heavy atom. The second-order valence-electron chi connectivity index (χ2n) is 4.41. The van der Waals surface area contributed by atoms with Crippen LogP contribution in [0.4, 0.5) is 0 Å². The van der Waals surface area contributed by atoms with E-state index in [-0.39, 0.29) is 0 Å². The number of aliphatic hydroxyl groups excluding tert-OH is 1. The molecule has 0 spiro atoms. The zero-order chi connectivity index (χ0) is 13.7. The van der Waals surface area contributed by atoms with Gasteiger partial charge in [0.15, 0.2) is 0 Å². The monoisotopic (exact) mass is 261 g/mol. The summed E-state index contributed by atoms with van der Waals surface area (Å²) in [6, 6.07) is 7.74. The van der Waals surface area contributed by atoms with Gasteiger partial charge in [-0.3, -0.25) is 4.68 Å². The fourth-order valence-corrected chi connectivity index (χ4v) is 2.06. The minimum absolute atomic E-state index is 0.471. The van der Waals surface area contributed by atoms with Gasteiger partial charge < -0.3 is 9.84 Å². The van der Waals surface area contributed by atoms with Crippen LogP contribution in [0.15, 0.2) is 30.6 Å². The third-order valence-electron chi connectivity index (χ3n) is 3.02. The van der Waals surface area contributed by atoms with Gasteiger partial charge in [-0.1, -0.05) is 12.1 Å². The van der Waals surface area contributed by atoms with Crippen LogP contribution in [0.1, 0.15) is 18.3 Å². The number of nitrogens with zero attached hydrogens (tertiary/aromatic N) is 3. The lowest BCUT2D eigenvalue weighted by atomic mass is 10.1. The van der Waals surface area contributed by atoms with Crippen molar-refractivity contribution in [3.63, 3.8) is 0 Å². The normalized spacial score (nSPS) is 12.4. The molecular weight excluding hydrogens is 242 g/mol. The third-order valence-corrected chi connectivity index (χ3v) is 3.02. The van der Waals surface area contributed by atoms with E-state index in [0.29, 0.717) is 12.8 Å². The molecule has 0 aliphatic heterocycles. The number of hydrogen-bond acceptors (Lipinski definition) is 4. The van der Waals surface area contributed by atoms with Crippen molar-refractivity contribution in [3.05, 3.63) is 42.0 Å². The van der Waals surface area contributed by atoms with Crippen molar-refractivity contribution >= 4 is 0 Å². The van der Waals surface area contributed by atoms with Crippen LogP contribution in [0.25, 0.3) is 0 Å². The highest BCUT2D eigenvalue weighted by Crippen LogP contribution is 2.15. The van der Waals surface area contributed by atoms with Gasteiger partial charge in [-0.05, 0) is 31.0 Å². The molecular formula is C14H19N3O2. The van der Waals surface area contributed by atoms with E-state index >= 15 is 0 Å². The van der Waals surface area contributed by atoms with Crippen molar-refractivity contribution in [2.75, 3.05) is 7.11 Å². The highest BCUT2D eigenvalue weighted by Gasteiger charge is 2.11. The maximum atomic E-state index is 10.1. The number of aryl methyl sites for hydroxylation is 1. The molecule has 0 bridgehead atoms. The number of rotatable bonds is 6. The van der Waals surface area contributed by atoms with Crippen LogP contribution in [0, 0.1) is 0 Å². The van der Waals surface area contributed by atoms with Gasteiger partial charge in [0.05, 0.1) is 13.2 Å². The maximum Gasteiger partial charge on any atom is 0.138 e. The lowest BCUT2D eigenvalue weighted by Crippen LogP contribution is -2.17. The summed E-state index contributed by atoms with van der Waals surface area (Å²) in [7, 11) is 1.64. The largest absolute Gasteiger partial charge is 0.497 e. The van der Waals surface area contributed by atoms with E-state index < -0.39 is 6.10 Å². The molecule has 1 heterocycles. The van der Waals surface area contributed by atoms with E-state index in [1.165, 1.54) is 6.33 Å². The molecule has 0 aliphatic carbocycles. The summed E-state index contributed by atoms with van der Waals surface area (Å²) in [5.74, 6) is 1.62. The SMILES string of the molecule is CCn1ncnc1CC(O)Cc1cccc(OC)c1. The van der Waals surface area contributed by atoms with Crippen molar-refractivity contribution in [3.8, 4) is 5.75 Å². The fraction of sp³-hybridized carbons (Fsp3) is 0.429.